The molecule has 56 heavy (non-hydrogen) atoms. The normalized spacial score (nSPS) is 11.5. The van der Waals surface area contributed by atoms with E-state index in [1.807, 2.05) is 0 Å². The first-order valence-corrected chi connectivity index (χ1v) is 17.9. The Labute approximate surface area is 323 Å². The van der Waals surface area contributed by atoms with Crippen molar-refractivity contribution >= 4 is 68.5 Å². The molecule has 2 aromatic heterocycles. The van der Waals surface area contributed by atoms with Crippen LogP contribution in [0.4, 0.5) is 29.6 Å². The molecule has 0 fully saturated rings. The number of methoxy groups -OCH3 is 2. The molecule has 25 heteroatoms. The number of alkyl halides is 3. The molecule has 0 radical (unpaired) electrons. The summed E-state index contributed by atoms with van der Waals surface area (Å²) in [6.45, 7) is 4.35. The summed E-state index contributed by atoms with van der Waals surface area (Å²) in [5, 5.41) is 14.4. The fraction of sp³-hybridized carbons (Fsp3) is 0.258. The summed E-state index contributed by atoms with van der Waals surface area (Å²) >= 11 is 6.70. The maximum Gasteiger partial charge on any atom is 0.416 e. The van der Waals surface area contributed by atoms with Crippen molar-refractivity contribution in [1.29, 1.82) is 0 Å². The van der Waals surface area contributed by atoms with E-state index in [-0.39, 0.29) is 50.7 Å². The predicted octanol–water partition coefficient (Wildman–Crippen LogP) is 5.71. The van der Waals surface area contributed by atoms with Gasteiger partial charge in [0.25, 0.3) is 15.7 Å². The second kappa shape index (κ2) is 18.9. The van der Waals surface area contributed by atoms with Gasteiger partial charge < -0.3 is 23.7 Å². The van der Waals surface area contributed by atoms with E-state index in [0.717, 1.165) is 48.8 Å². The number of aryl methyl sites for hydroxylation is 1. The number of sulfonamides is 1. The molecule has 0 spiro atoms. The molecule has 2 heterocycles. The third-order valence-corrected chi connectivity index (χ3v) is 9.12. The second-order valence-corrected chi connectivity index (χ2v) is 13.3. The van der Waals surface area contributed by atoms with Gasteiger partial charge in [0, 0.05) is 12.1 Å². The third kappa shape index (κ3) is 11.9. The lowest BCUT2D eigenvalue weighted by atomic mass is 10.1. The molecule has 0 bridgehead atoms. The summed E-state index contributed by atoms with van der Waals surface area (Å²) in [4.78, 5) is 68.8. The number of ether oxygens (including phenoxy) is 5. The number of urea groups is 1. The van der Waals surface area contributed by atoms with Crippen molar-refractivity contribution in [3.05, 3.63) is 84.8 Å². The molecule has 300 valence electrons. The van der Waals surface area contributed by atoms with Gasteiger partial charge in [0.05, 0.1) is 36.3 Å². The number of amides is 2. The van der Waals surface area contributed by atoms with Crippen LogP contribution in [-0.4, -0.2) is 79.2 Å². The fourth-order valence-electron chi connectivity index (χ4n) is 3.98. The van der Waals surface area contributed by atoms with Gasteiger partial charge in [0.1, 0.15) is 32.7 Å². The van der Waals surface area contributed by atoms with E-state index in [0.29, 0.717) is 6.07 Å². The van der Waals surface area contributed by atoms with Crippen LogP contribution in [0.5, 0.6) is 17.5 Å². The predicted molar refractivity (Wildman–Crippen MR) is 187 cm³/mol. The number of thiophene rings is 1. The zero-order valence-electron chi connectivity index (χ0n) is 29.3. The van der Waals surface area contributed by atoms with Gasteiger partial charge in [-0.25, -0.2) is 32.3 Å². The molecular formula is C31H28ClF3N6O13S2. The first-order valence-electron chi connectivity index (χ1n) is 15.2. The van der Waals surface area contributed by atoms with Crippen LogP contribution in [0.1, 0.15) is 45.3 Å². The first kappa shape index (κ1) is 44.3. The van der Waals surface area contributed by atoms with E-state index in [2.05, 4.69) is 25.0 Å². The maximum atomic E-state index is 12.8. The molecule has 1 atom stereocenters. The molecule has 19 nitrogen and oxygen atoms in total. The van der Waals surface area contributed by atoms with Crippen LogP contribution >= 0.6 is 22.9 Å². The van der Waals surface area contributed by atoms with Gasteiger partial charge in [-0.05, 0) is 56.5 Å². The number of aromatic nitrogens is 3. The maximum absolute atomic E-state index is 12.8. The fourth-order valence-corrected chi connectivity index (χ4v) is 6.44. The molecule has 4 rings (SSSR count). The number of rotatable bonds is 12. The lowest BCUT2D eigenvalue weighted by molar-refractivity contribution is -0.385. The second-order valence-electron chi connectivity index (χ2n) is 10.3. The SMILES string of the molecule is CCOC(=O)C(C)OC(=O)c1cc(Oc2ccc(C(F)(F)F)cc2Cl)ccc1[N+](=O)[O-].COC(=O)c1sccc1S(=O)(=O)NC(=O)Nc1nc(C)nc(OC)n1. The number of nitrogens with one attached hydrogen (secondary N) is 2. The minimum atomic E-state index is -4.61. The van der Waals surface area contributed by atoms with Gasteiger partial charge in [0.15, 0.2) is 6.10 Å². The van der Waals surface area contributed by atoms with Crippen molar-refractivity contribution in [2.45, 2.75) is 37.9 Å². The molecule has 0 saturated carbocycles. The quantitative estimate of drug-likeness (QED) is 0.0748. The van der Waals surface area contributed by atoms with Crippen molar-refractivity contribution in [3.8, 4) is 17.5 Å². The van der Waals surface area contributed by atoms with Crippen LogP contribution in [0.15, 0.2) is 52.7 Å². The lowest BCUT2D eigenvalue weighted by Crippen LogP contribution is -2.35. The minimum Gasteiger partial charge on any atom is -0.467 e. The first-order chi connectivity index (χ1) is 26.2. The van der Waals surface area contributed by atoms with Crippen LogP contribution in [0.25, 0.3) is 0 Å². The molecule has 4 aromatic rings. The lowest BCUT2D eigenvalue weighted by Gasteiger charge is -2.13. The Balaban J connectivity index is 0.000000307. The van der Waals surface area contributed by atoms with Gasteiger partial charge >= 0.3 is 36.1 Å². The van der Waals surface area contributed by atoms with E-state index in [1.54, 1.807) is 11.6 Å². The number of carbonyl (C=O) groups is 4. The summed E-state index contributed by atoms with van der Waals surface area (Å²) < 4.78 is 88.9. The molecule has 1 unspecified atom stereocenters. The highest BCUT2D eigenvalue weighted by Crippen LogP contribution is 2.37. The van der Waals surface area contributed by atoms with Crippen LogP contribution in [0, 0.1) is 17.0 Å². The van der Waals surface area contributed by atoms with Crippen molar-refractivity contribution in [2.24, 2.45) is 0 Å². The Morgan fingerprint density at radius 3 is 2.32 bits per heavy atom. The van der Waals surface area contributed by atoms with Gasteiger partial charge in [-0.1, -0.05) is 11.6 Å². The Bertz CT molecular complexity index is 2240. The number of carbonyl (C=O) groups excluding carboxylic acids is 4. The van der Waals surface area contributed by atoms with Gasteiger partial charge in [-0.2, -0.15) is 28.1 Å². The molecule has 0 aliphatic rings. The molecule has 0 aliphatic heterocycles. The summed E-state index contributed by atoms with van der Waals surface area (Å²) in [5.41, 5.74) is -2.17. The average Bonchev–Trinajstić information content (AvgIpc) is 3.63. The van der Waals surface area contributed by atoms with E-state index in [1.165, 1.54) is 32.4 Å². The van der Waals surface area contributed by atoms with E-state index >= 15 is 0 Å². The molecule has 2 N–H and O–H groups in total. The van der Waals surface area contributed by atoms with Gasteiger partial charge in [-0.15, -0.1) is 11.3 Å². The summed E-state index contributed by atoms with van der Waals surface area (Å²) in [5.74, 6) is -3.12. The Hall–Kier alpha value is -6.14. The molecule has 2 aromatic carbocycles. The van der Waals surface area contributed by atoms with E-state index < -0.39 is 68.0 Å². The van der Waals surface area contributed by atoms with E-state index in [4.69, 9.17) is 30.5 Å². The number of hydrogen-bond acceptors (Lipinski definition) is 17. The summed E-state index contributed by atoms with van der Waals surface area (Å²) in [6.07, 6.45) is -5.94. The number of halogens is 4. The highest BCUT2D eigenvalue weighted by molar-refractivity contribution is 7.90. The van der Waals surface area contributed by atoms with Gasteiger partial charge in [-0.3, -0.25) is 15.4 Å². The summed E-state index contributed by atoms with van der Waals surface area (Å²) in [6, 6.07) is 5.39. The highest BCUT2D eigenvalue weighted by Gasteiger charge is 2.32. The molecule has 2 amide bonds. The monoisotopic (exact) mass is 848 g/mol. The zero-order valence-corrected chi connectivity index (χ0v) is 31.7. The molecule has 0 saturated heterocycles. The third-order valence-electron chi connectivity index (χ3n) is 6.43. The van der Waals surface area contributed by atoms with Crippen LogP contribution in [-0.2, 0) is 35.2 Å². The number of hydrogen-bond donors (Lipinski definition) is 2. The Kier molecular flexibility index (Phi) is 15.0. The van der Waals surface area contributed by atoms with Crippen LogP contribution < -0.4 is 19.5 Å². The minimum absolute atomic E-state index is 0.0398. The topological polar surface area (TPSA) is 254 Å². The van der Waals surface area contributed by atoms with Crippen molar-refractivity contribution in [3.63, 3.8) is 0 Å². The number of anilines is 1. The standard InChI is InChI=1S/C19H15ClF3NO7.C12H13N5O6S2/c1-3-29-17(25)10(2)30-18(26)13-9-12(5-6-15(13)24(27)28)31-16-7-4-11(8-14(16)20)19(21,22)23;1-6-13-10(16-12(14-6)23-3)15-11(19)17-25(20,21)7-4-5-24-8(7)9(18)22-2/h4-10H,3H2,1-2H3;4-5H,1-3H3,(H2,13,14,15,16,17,19). The number of nitrogens with zero attached hydrogens (tertiary/aromatic N) is 4. The zero-order chi connectivity index (χ0) is 42.0. The smallest absolute Gasteiger partial charge is 0.416 e. The Morgan fingerprint density at radius 1 is 1.04 bits per heavy atom. The highest BCUT2D eigenvalue weighted by atomic mass is 35.5. The number of esters is 3. The van der Waals surface area contributed by atoms with E-state index in [9.17, 15) is 50.9 Å². The largest absolute Gasteiger partial charge is 0.467 e. The van der Waals surface area contributed by atoms with Gasteiger partial charge in [0.2, 0.25) is 5.95 Å². The molecular weight excluding hydrogens is 821 g/mol. The summed E-state index contributed by atoms with van der Waals surface area (Å²) in [7, 11) is -1.86. The number of benzene rings is 2. The molecule has 0 aliphatic carbocycles. The van der Waals surface area contributed by atoms with Crippen LogP contribution in [0.3, 0.4) is 0 Å². The Morgan fingerprint density at radius 2 is 1.73 bits per heavy atom. The average molecular weight is 849 g/mol. The van der Waals surface area contributed by atoms with Crippen LogP contribution in [0.2, 0.25) is 5.02 Å². The van der Waals surface area contributed by atoms with Crippen molar-refractivity contribution in [2.75, 3.05) is 26.1 Å². The number of nitro groups is 1. The number of nitro benzene ring substituents is 1. The van der Waals surface area contributed by atoms with Crippen molar-refractivity contribution in [1.82, 2.24) is 19.7 Å². The van der Waals surface area contributed by atoms with Crippen molar-refractivity contribution < 1.29 is 69.4 Å².